The summed E-state index contributed by atoms with van der Waals surface area (Å²) in [5, 5.41) is 3.43. The minimum Gasteiger partial charge on any atom is -0.341 e. The minimum atomic E-state index is 0.358. The summed E-state index contributed by atoms with van der Waals surface area (Å²) >= 11 is 0. The SMILES string of the molecule is O=C(C1CC12CCNCC2)N1CCCC(N2CCCC2)C1. The van der Waals surface area contributed by atoms with Crippen LogP contribution in [0.2, 0.25) is 0 Å². The van der Waals surface area contributed by atoms with Crippen molar-refractivity contribution in [1.82, 2.24) is 15.1 Å². The molecule has 4 fully saturated rings. The molecule has 0 bridgehead atoms. The Morgan fingerprint density at radius 2 is 1.81 bits per heavy atom. The predicted octanol–water partition coefficient (Wildman–Crippen LogP) is 1.46. The van der Waals surface area contributed by atoms with Crippen LogP contribution in [0.1, 0.15) is 44.9 Å². The first-order chi connectivity index (χ1) is 10.3. The lowest BCUT2D eigenvalue weighted by molar-refractivity contribution is -0.135. The number of rotatable bonds is 2. The Morgan fingerprint density at radius 1 is 1.05 bits per heavy atom. The second kappa shape index (κ2) is 5.54. The molecule has 3 saturated heterocycles. The molecule has 4 heteroatoms. The third-order valence-electron chi connectivity index (χ3n) is 6.45. The summed E-state index contributed by atoms with van der Waals surface area (Å²) in [6.45, 7) is 6.75. The third kappa shape index (κ3) is 2.61. The maximum atomic E-state index is 12.9. The van der Waals surface area contributed by atoms with Crippen molar-refractivity contribution in [3.63, 3.8) is 0 Å². The molecule has 4 rings (SSSR count). The molecule has 4 aliphatic rings. The third-order valence-corrected chi connectivity index (χ3v) is 6.45. The number of nitrogens with one attached hydrogen (secondary N) is 1. The van der Waals surface area contributed by atoms with E-state index in [0.29, 0.717) is 23.3 Å². The molecule has 0 aromatic carbocycles. The molecule has 3 heterocycles. The lowest BCUT2D eigenvalue weighted by Gasteiger charge is -2.38. The number of piperidine rings is 2. The molecular formula is C17H29N3O. The van der Waals surface area contributed by atoms with Gasteiger partial charge < -0.3 is 10.2 Å². The van der Waals surface area contributed by atoms with Gasteiger partial charge in [0.1, 0.15) is 0 Å². The molecule has 3 aliphatic heterocycles. The quantitative estimate of drug-likeness (QED) is 0.837. The number of hydrogen-bond donors (Lipinski definition) is 1. The number of carbonyl (C=O) groups is 1. The second-order valence-corrected chi connectivity index (χ2v) is 7.69. The normalized spacial score (nSPS) is 36.1. The maximum Gasteiger partial charge on any atom is 0.226 e. The zero-order chi connectivity index (χ0) is 14.3. The highest BCUT2D eigenvalue weighted by atomic mass is 16.2. The van der Waals surface area contributed by atoms with Crippen LogP contribution in [0.3, 0.4) is 0 Å². The van der Waals surface area contributed by atoms with E-state index in [-0.39, 0.29) is 0 Å². The Balaban J connectivity index is 1.36. The van der Waals surface area contributed by atoms with Crippen LogP contribution in [-0.2, 0) is 4.79 Å². The molecule has 118 valence electrons. The van der Waals surface area contributed by atoms with Crippen molar-refractivity contribution in [2.45, 2.75) is 51.0 Å². The van der Waals surface area contributed by atoms with E-state index in [4.69, 9.17) is 0 Å². The molecule has 0 aromatic heterocycles. The monoisotopic (exact) mass is 291 g/mol. The summed E-state index contributed by atoms with van der Waals surface area (Å²) in [7, 11) is 0. The molecular weight excluding hydrogens is 262 g/mol. The van der Waals surface area contributed by atoms with Gasteiger partial charge in [-0.1, -0.05) is 0 Å². The molecule has 1 aliphatic carbocycles. The van der Waals surface area contributed by atoms with Gasteiger partial charge in [-0.3, -0.25) is 9.69 Å². The largest absolute Gasteiger partial charge is 0.341 e. The van der Waals surface area contributed by atoms with E-state index >= 15 is 0 Å². The van der Waals surface area contributed by atoms with Gasteiger partial charge in [0.05, 0.1) is 0 Å². The molecule has 1 spiro atoms. The number of likely N-dealkylation sites (tertiary alicyclic amines) is 2. The summed E-state index contributed by atoms with van der Waals surface area (Å²) in [6, 6.07) is 0.646. The lowest BCUT2D eigenvalue weighted by atomic mass is 9.91. The van der Waals surface area contributed by atoms with Gasteiger partial charge in [-0.15, -0.1) is 0 Å². The van der Waals surface area contributed by atoms with E-state index in [0.717, 1.165) is 26.2 Å². The second-order valence-electron chi connectivity index (χ2n) is 7.69. The van der Waals surface area contributed by atoms with Crippen molar-refractivity contribution >= 4 is 5.91 Å². The van der Waals surface area contributed by atoms with Crippen LogP contribution >= 0.6 is 0 Å². The zero-order valence-electron chi connectivity index (χ0n) is 13.1. The van der Waals surface area contributed by atoms with E-state index in [9.17, 15) is 4.79 Å². The number of hydrogen-bond acceptors (Lipinski definition) is 3. The molecule has 21 heavy (non-hydrogen) atoms. The van der Waals surface area contributed by atoms with E-state index in [2.05, 4.69) is 15.1 Å². The fourth-order valence-electron chi connectivity index (χ4n) is 4.95. The van der Waals surface area contributed by atoms with Gasteiger partial charge in [-0.25, -0.2) is 0 Å². The molecule has 4 nitrogen and oxygen atoms in total. The Bertz CT molecular complexity index is 399. The Labute approximate surface area is 128 Å². The zero-order valence-corrected chi connectivity index (χ0v) is 13.1. The Morgan fingerprint density at radius 3 is 2.57 bits per heavy atom. The van der Waals surface area contributed by atoms with Crippen molar-refractivity contribution < 1.29 is 4.79 Å². The van der Waals surface area contributed by atoms with Crippen LogP contribution in [0.5, 0.6) is 0 Å². The molecule has 0 aromatic rings. The highest BCUT2D eigenvalue weighted by Crippen LogP contribution is 2.59. The Hall–Kier alpha value is -0.610. The van der Waals surface area contributed by atoms with Crippen LogP contribution in [0.15, 0.2) is 0 Å². The number of amides is 1. The van der Waals surface area contributed by atoms with Gasteiger partial charge in [-0.05, 0) is 76.5 Å². The predicted molar refractivity (Wildman–Crippen MR) is 83.1 cm³/mol. The summed E-state index contributed by atoms with van der Waals surface area (Å²) in [5.41, 5.74) is 0.392. The van der Waals surface area contributed by atoms with Crippen LogP contribution in [0.4, 0.5) is 0 Å². The van der Waals surface area contributed by atoms with E-state index < -0.39 is 0 Å². The highest BCUT2D eigenvalue weighted by Gasteiger charge is 2.58. The number of nitrogens with zero attached hydrogens (tertiary/aromatic N) is 2. The summed E-state index contributed by atoms with van der Waals surface area (Å²) in [4.78, 5) is 17.7. The Kier molecular flexibility index (Phi) is 3.70. The van der Waals surface area contributed by atoms with E-state index in [1.54, 1.807) is 0 Å². The van der Waals surface area contributed by atoms with Gasteiger partial charge in [0.2, 0.25) is 5.91 Å². The maximum absolute atomic E-state index is 12.9. The van der Waals surface area contributed by atoms with Gasteiger partial charge in [0.15, 0.2) is 0 Å². The van der Waals surface area contributed by atoms with Gasteiger partial charge in [-0.2, -0.15) is 0 Å². The first-order valence-corrected chi connectivity index (χ1v) is 9.02. The van der Waals surface area contributed by atoms with Crippen LogP contribution in [0, 0.1) is 11.3 Å². The van der Waals surface area contributed by atoms with Crippen molar-refractivity contribution in [1.29, 1.82) is 0 Å². The van der Waals surface area contributed by atoms with Crippen molar-refractivity contribution in [2.24, 2.45) is 11.3 Å². The fourth-order valence-corrected chi connectivity index (χ4v) is 4.95. The average molecular weight is 291 g/mol. The molecule has 0 radical (unpaired) electrons. The van der Waals surface area contributed by atoms with Crippen molar-refractivity contribution in [3.05, 3.63) is 0 Å². The molecule has 1 amide bonds. The first-order valence-electron chi connectivity index (χ1n) is 9.02. The van der Waals surface area contributed by atoms with Crippen LogP contribution in [0.25, 0.3) is 0 Å². The molecule has 1 saturated carbocycles. The first kappa shape index (κ1) is 14.0. The van der Waals surface area contributed by atoms with Gasteiger partial charge in [0, 0.05) is 25.0 Å². The lowest BCUT2D eigenvalue weighted by Crippen LogP contribution is -2.49. The smallest absolute Gasteiger partial charge is 0.226 e. The number of carbonyl (C=O) groups excluding carboxylic acids is 1. The minimum absolute atomic E-state index is 0.358. The van der Waals surface area contributed by atoms with E-state index in [1.807, 2.05) is 0 Å². The summed E-state index contributed by atoms with van der Waals surface area (Å²) < 4.78 is 0. The standard InChI is InChI=1S/C17H29N3O/c21-16(15-12-17(15)5-7-18-8-6-17)20-11-3-4-14(13-20)19-9-1-2-10-19/h14-15,18H,1-13H2. The van der Waals surface area contributed by atoms with Crippen LogP contribution < -0.4 is 5.32 Å². The van der Waals surface area contributed by atoms with Crippen LogP contribution in [-0.4, -0.2) is 61.0 Å². The van der Waals surface area contributed by atoms with Crippen molar-refractivity contribution in [2.75, 3.05) is 39.3 Å². The van der Waals surface area contributed by atoms with Crippen molar-refractivity contribution in [3.8, 4) is 0 Å². The molecule has 2 unspecified atom stereocenters. The average Bonchev–Trinajstić information content (AvgIpc) is 2.99. The summed E-state index contributed by atoms with van der Waals surface area (Å²) in [6.07, 6.45) is 8.79. The topological polar surface area (TPSA) is 35.6 Å². The molecule has 1 N–H and O–H groups in total. The highest BCUT2D eigenvalue weighted by molar-refractivity contribution is 5.83. The molecule has 2 atom stereocenters. The van der Waals surface area contributed by atoms with E-state index in [1.165, 1.54) is 58.0 Å². The fraction of sp³-hybridized carbons (Fsp3) is 0.941. The van der Waals surface area contributed by atoms with Gasteiger partial charge >= 0.3 is 0 Å². The van der Waals surface area contributed by atoms with Gasteiger partial charge in [0.25, 0.3) is 0 Å². The summed E-state index contributed by atoms with van der Waals surface area (Å²) in [5.74, 6) is 0.845.